The van der Waals surface area contributed by atoms with Crippen molar-refractivity contribution in [3.05, 3.63) is 0 Å². The van der Waals surface area contributed by atoms with E-state index in [1.54, 1.807) is 0 Å². The first kappa shape index (κ1) is 11.6. The lowest BCUT2D eigenvalue weighted by Crippen LogP contribution is -2.45. The zero-order valence-corrected chi connectivity index (χ0v) is 10.7. The van der Waals surface area contributed by atoms with E-state index in [9.17, 15) is 4.79 Å². The molecule has 0 aromatic rings. The van der Waals surface area contributed by atoms with Crippen LogP contribution in [-0.4, -0.2) is 17.5 Å². The number of hydrogen-bond donors (Lipinski definition) is 1. The Morgan fingerprint density at radius 1 is 1.50 bits per heavy atom. The van der Waals surface area contributed by atoms with E-state index in [-0.39, 0.29) is 17.4 Å². The Morgan fingerprint density at radius 2 is 2.19 bits per heavy atom. The summed E-state index contributed by atoms with van der Waals surface area (Å²) in [7, 11) is 0. The molecule has 0 amide bonds. The monoisotopic (exact) mass is 222 g/mol. The first-order valence-corrected chi connectivity index (χ1v) is 6.24. The second-order valence-electron chi connectivity index (χ2n) is 6.43. The number of ketones is 1. The summed E-state index contributed by atoms with van der Waals surface area (Å²) in [5, 5.41) is 4.38. The number of carbonyl (C=O) groups excluding carboxylic acids is 1. The summed E-state index contributed by atoms with van der Waals surface area (Å²) in [6, 6.07) is 0.255. The quantitative estimate of drug-likeness (QED) is 0.779. The van der Waals surface area contributed by atoms with Gasteiger partial charge in [0, 0.05) is 6.42 Å². The lowest BCUT2D eigenvalue weighted by Gasteiger charge is -2.36. The van der Waals surface area contributed by atoms with E-state index < -0.39 is 0 Å². The first-order valence-electron chi connectivity index (χ1n) is 6.24. The highest BCUT2D eigenvalue weighted by Crippen LogP contribution is 2.39. The molecular weight excluding hydrogens is 200 g/mol. The lowest BCUT2D eigenvalue weighted by molar-refractivity contribution is -0.126. The van der Waals surface area contributed by atoms with Crippen molar-refractivity contribution < 1.29 is 4.79 Å². The Hall–Kier alpha value is -0.860. The van der Waals surface area contributed by atoms with Crippen LogP contribution < -0.4 is 5.43 Å². The van der Waals surface area contributed by atoms with Gasteiger partial charge in [-0.2, -0.15) is 5.10 Å². The normalized spacial score (nSPS) is 32.3. The molecule has 1 aliphatic carbocycles. The van der Waals surface area contributed by atoms with Gasteiger partial charge in [0.05, 0.1) is 17.7 Å². The average Bonchev–Trinajstić information content (AvgIpc) is 2.44. The standard InChI is InChI=1S/C13H22N2O/c1-8(2)5-9-12-10(15-14-9)6-13(3,4)7-11(12)16/h8,10,12,15H,5-7H2,1-4H3/t10-,12-/m0/s1. The van der Waals surface area contributed by atoms with Gasteiger partial charge in [0.25, 0.3) is 0 Å². The van der Waals surface area contributed by atoms with E-state index in [4.69, 9.17) is 0 Å². The van der Waals surface area contributed by atoms with Crippen LogP contribution in [0.4, 0.5) is 0 Å². The molecule has 0 radical (unpaired) electrons. The summed E-state index contributed by atoms with van der Waals surface area (Å²) in [5.74, 6) is 1.02. The predicted molar refractivity (Wildman–Crippen MR) is 65.3 cm³/mol. The summed E-state index contributed by atoms with van der Waals surface area (Å²) in [6.07, 6.45) is 2.70. The van der Waals surface area contributed by atoms with Gasteiger partial charge in [0.15, 0.2) is 0 Å². The van der Waals surface area contributed by atoms with Gasteiger partial charge in [-0.05, 0) is 24.2 Å². The van der Waals surface area contributed by atoms with Crippen LogP contribution in [0, 0.1) is 17.3 Å². The number of Topliss-reactive ketones (excluding diaryl/α,β-unsaturated/α-hetero) is 1. The molecule has 0 spiro atoms. The lowest BCUT2D eigenvalue weighted by atomic mass is 9.68. The largest absolute Gasteiger partial charge is 0.306 e. The first-order chi connectivity index (χ1) is 7.39. The number of hydrogen-bond acceptors (Lipinski definition) is 3. The molecule has 3 nitrogen and oxygen atoms in total. The molecule has 0 bridgehead atoms. The van der Waals surface area contributed by atoms with Crippen LogP contribution in [0.1, 0.15) is 47.0 Å². The Kier molecular flexibility index (Phi) is 2.81. The van der Waals surface area contributed by atoms with Crippen LogP contribution in [0.2, 0.25) is 0 Å². The van der Waals surface area contributed by atoms with Gasteiger partial charge < -0.3 is 5.43 Å². The molecule has 2 atom stereocenters. The molecule has 1 N–H and O–H groups in total. The minimum Gasteiger partial charge on any atom is -0.306 e. The maximum Gasteiger partial charge on any atom is 0.144 e. The van der Waals surface area contributed by atoms with Crippen molar-refractivity contribution >= 4 is 11.5 Å². The van der Waals surface area contributed by atoms with Crippen molar-refractivity contribution in [1.82, 2.24) is 5.43 Å². The molecule has 2 rings (SSSR count). The van der Waals surface area contributed by atoms with E-state index in [1.807, 2.05) is 0 Å². The van der Waals surface area contributed by atoms with E-state index >= 15 is 0 Å². The number of carbonyl (C=O) groups is 1. The molecule has 0 saturated heterocycles. The Balaban J connectivity index is 2.12. The highest BCUT2D eigenvalue weighted by atomic mass is 16.1. The van der Waals surface area contributed by atoms with Crippen molar-refractivity contribution in [3.63, 3.8) is 0 Å². The van der Waals surface area contributed by atoms with Crippen molar-refractivity contribution in [1.29, 1.82) is 0 Å². The smallest absolute Gasteiger partial charge is 0.144 e. The fraction of sp³-hybridized carbons (Fsp3) is 0.846. The molecule has 1 fully saturated rings. The molecule has 1 saturated carbocycles. The van der Waals surface area contributed by atoms with Crippen LogP contribution in [0.3, 0.4) is 0 Å². The maximum atomic E-state index is 12.2. The van der Waals surface area contributed by atoms with Gasteiger partial charge >= 0.3 is 0 Å². The average molecular weight is 222 g/mol. The summed E-state index contributed by atoms with van der Waals surface area (Å²) >= 11 is 0. The molecule has 3 heteroatoms. The van der Waals surface area contributed by atoms with Crippen molar-refractivity contribution in [2.45, 2.75) is 53.0 Å². The van der Waals surface area contributed by atoms with Crippen LogP contribution in [0.25, 0.3) is 0 Å². The molecule has 0 unspecified atom stereocenters. The van der Waals surface area contributed by atoms with E-state index in [0.717, 1.165) is 18.6 Å². The van der Waals surface area contributed by atoms with Crippen LogP contribution in [0.15, 0.2) is 5.10 Å². The van der Waals surface area contributed by atoms with Crippen LogP contribution in [0.5, 0.6) is 0 Å². The third-order valence-electron chi connectivity index (χ3n) is 3.52. The van der Waals surface area contributed by atoms with Crippen molar-refractivity contribution in [2.24, 2.45) is 22.4 Å². The van der Waals surface area contributed by atoms with E-state index in [0.29, 0.717) is 18.1 Å². The fourth-order valence-corrected chi connectivity index (χ4v) is 2.96. The van der Waals surface area contributed by atoms with Crippen molar-refractivity contribution in [3.8, 4) is 0 Å². The second-order valence-corrected chi connectivity index (χ2v) is 6.43. The zero-order valence-electron chi connectivity index (χ0n) is 10.7. The minimum absolute atomic E-state index is 0.0652. The Bertz CT molecular complexity index is 331. The highest BCUT2D eigenvalue weighted by molar-refractivity contribution is 6.07. The van der Waals surface area contributed by atoms with Gasteiger partial charge in [0.2, 0.25) is 0 Å². The van der Waals surface area contributed by atoms with E-state index in [2.05, 4.69) is 38.2 Å². The number of hydrazone groups is 1. The maximum absolute atomic E-state index is 12.2. The fourth-order valence-electron chi connectivity index (χ4n) is 2.96. The third-order valence-corrected chi connectivity index (χ3v) is 3.52. The van der Waals surface area contributed by atoms with Crippen LogP contribution in [-0.2, 0) is 4.79 Å². The summed E-state index contributed by atoms with van der Waals surface area (Å²) in [4.78, 5) is 12.2. The van der Waals surface area contributed by atoms with Gasteiger partial charge in [-0.25, -0.2) is 0 Å². The predicted octanol–water partition coefficient (Wildman–Crippen LogP) is 2.37. The topological polar surface area (TPSA) is 41.5 Å². The number of nitrogens with zero attached hydrogens (tertiary/aromatic N) is 1. The Labute approximate surface area is 97.7 Å². The van der Waals surface area contributed by atoms with Gasteiger partial charge in [-0.3, -0.25) is 4.79 Å². The third kappa shape index (κ3) is 2.13. The summed E-state index contributed by atoms with van der Waals surface area (Å²) in [6.45, 7) is 8.69. The molecule has 2 aliphatic rings. The number of rotatable bonds is 2. The van der Waals surface area contributed by atoms with Gasteiger partial charge in [0.1, 0.15) is 5.78 Å². The minimum atomic E-state index is 0.0652. The molecule has 1 aliphatic heterocycles. The molecule has 16 heavy (non-hydrogen) atoms. The van der Waals surface area contributed by atoms with Gasteiger partial charge in [-0.15, -0.1) is 0 Å². The zero-order chi connectivity index (χ0) is 11.9. The summed E-state index contributed by atoms with van der Waals surface area (Å²) in [5.41, 5.74) is 4.38. The molecule has 0 aromatic heterocycles. The molecule has 1 heterocycles. The van der Waals surface area contributed by atoms with Crippen LogP contribution >= 0.6 is 0 Å². The van der Waals surface area contributed by atoms with Gasteiger partial charge in [-0.1, -0.05) is 27.7 Å². The van der Waals surface area contributed by atoms with E-state index in [1.165, 1.54) is 0 Å². The number of fused-ring (bicyclic) bond motifs is 1. The summed E-state index contributed by atoms with van der Waals surface area (Å²) < 4.78 is 0. The Morgan fingerprint density at radius 3 is 2.81 bits per heavy atom. The SMILES string of the molecule is CC(C)CC1=NN[C@H]2CC(C)(C)CC(=O)[C@@H]12. The number of nitrogens with one attached hydrogen (secondary N) is 1. The van der Waals surface area contributed by atoms with Crippen molar-refractivity contribution in [2.75, 3.05) is 0 Å². The molecule has 90 valence electrons. The second kappa shape index (κ2) is 3.86. The molecule has 0 aromatic carbocycles. The molecular formula is C13H22N2O. The highest BCUT2D eigenvalue weighted by Gasteiger charge is 2.45.